The average Bonchev–Trinajstić information content (AvgIpc) is 1.86. The van der Waals surface area contributed by atoms with Gasteiger partial charge in [-0.05, 0) is 11.9 Å². The predicted molar refractivity (Wildman–Crippen MR) is 22.2 cm³/mol. The smallest absolute Gasteiger partial charge is 0.119 e. The van der Waals surface area contributed by atoms with Crippen LogP contribution in [0.1, 0.15) is 0 Å². The van der Waals surface area contributed by atoms with E-state index >= 15 is 0 Å². The van der Waals surface area contributed by atoms with Gasteiger partial charge >= 0.3 is 0 Å². The average molecular weight is 103 g/mol. The SMILES string of the molecule is ON1[C]=CSN1. The number of nitrogens with one attached hydrogen (secondary N) is 1. The highest BCUT2D eigenvalue weighted by Gasteiger charge is 1.95. The fourth-order valence-corrected chi connectivity index (χ4v) is 0.537. The van der Waals surface area contributed by atoms with Gasteiger partial charge in [0.2, 0.25) is 0 Å². The molecule has 1 aliphatic rings. The van der Waals surface area contributed by atoms with E-state index in [9.17, 15) is 0 Å². The summed E-state index contributed by atoms with van der Waals surface area (Å²) in [5.74, 6) is 0. The van der Waals surface area contributed by atoms with Crippen LogP contribution in [0.5, 0.6) is 0 Å². The Morgan fingerprint density at radius 1 is 2.00 bits per heavy atom. The Morgan fingerprint density at radius 2 is 2.83 bits per heavy atom. The molecule has 0 unspecified atom stereocenters. The van der Waals surface area contributed by atoms with E-state index in [0.717, 1.165) is 5.17 Å². The van der Waals surface area contributed by atoms with Crippen LogP contribution >= 0.6 is 11.9 Å². The second kappa shape index (κ2) is 1.51. The fraction of sp³-hybridized carbons (Fsp3) is 0. The van der Waals surface area contributed by atoms with Gasteiger partial charge in [0.05, 0.1) is 0 Å². The Balaban J connectivity index is 2.38. The lowest BCUT2D eigenvalue weighted by Gasteiger charge is -1.99. The Labute approximate surface area is 39.7 Å². The number of hydroxylamine groups is 1. The molecular weight excluding hydrogens is 100 g/mol. The molecule has 4 heteroatoms. The fourth-order valence-electron chi connectivity index (χ4n) is 0.179. The lowest BCUT2D eigenvalue weighted by atomic mass is 11.1. The molecule has 3 nitrogen and oxygen atoms in total. The second-order valence-corrected chi connectivity index (χ2v) is 1.42. The largest absolute Gasteiger partial charge is 0.272 e. The second-order valence-electron chi connectivity index (χ2n) is 0.768. The van der Waals surface area contributed by atoms with Crippen molar-refractivity contribution in [2.45, 2.75) is 0 Å². The van der Waals surface area contributed by atoms with Crippen LogP contribution in [0.4, 0.5) is 0 Å². The number of hydrazine groups is 1. The monoisotopic (exact) mass is 103 g/mol. The van der Waals surface area contributed by atoms with Crippen molar-refractivity contribution in [1.82, 2.24) is 10.0 Å². The van der Waals surface area contributed by atoms with Crippen LogP contribution < -0.4 is 4.83 Å². The molecule has 1 rings (SSSR count). The molecule has 0 aliphatic carbocycles. The van der Waals surface area contributed by atoms with E-state index in [4.69, 9.17) is 5.21 Å². The molecule has 1 radical (unpaired) electrons. The lowest BCUT2D eigenvalue weighted by molar-refractivity contribution is -0.0662. The zero-order chi connectivity index (χ0) is 4.41. The van der Waals surface area contributed by atoms with Crippen molar-refractivity contribution in [1.29, 1.82) is 0 Å². The number of rotatable bonds is 0. The van der Waals surface area contributed by atoms with Gasteiger partial charge in [0.1, 0.15) is 6.20 Å². The standard InChI is InChI=1S/C2H3N2OS/c5-4-1-2-6-3-4/h2-3,5H. The molecule has 2 N–H and O–H groups in total. The summed E-state index contributed by atoms with van der Waals surface area (Å²) in [6.07, 6.45) is 2.44. The third-order valence-corrected chi connectivity index (χ3v) is 0.875. The number of hydrogen-bond acceptors (Lipinski definition) is 4. The van der Waals surface area contributed by atoms with Crippen LogP contribution in [0.2, 0.25) is 0 Å². The molecule has 0 fully saturated rings. The molecule has 33 valence electrons. The maximum atomic E-state index is 8.29. The van der Waals surface area contributed by atoms with Gasteiger partial charge in [-0.25, -0.2) is 0 Å². The molecule has 0 atom stereocenters. The first-order valence-electron chi connectivity index (χ1n) is 1.38. The lowest BCUT2D eigenvalue weighted by Crippen LogP contribution is -2.18. The summed E-state index contributed by atoms with van der Waals surface area (Å²) in [5, 5.41) is 10.7. The molecule has 0 spiro atoms. The highest BCUT2D eigenvalue weighted by Crippen LogP contribution is 2.02. The number of hydrogen-bond donors (Lipinski definition) is 2. The third kappa shape index (κ3) is 0.649. The van der Waals surface area contributed by atoms with Crippen molar-refractivity contribution >= 4 is 11.9 Å². The van der Waals surface area contributed by atoms with Crippen LogP contribution in [0.25, 0.3) is 0 Å². The molecule has 0 bridgehead atoms. The summed E-state index contributed by atoms with van der Waals surface area (Å²) in [6, 6.07) is 0. The van der Waals surface area contributed by atoms with E-state index < -0.39 is 0 Å². The molecular formula is C2H3N2OS. The first-order chi connectivity index (χ1) is 2.89. The van der Waals surface area contributed by atoms with Gasteiger partial charge in [-0.15, -0.1) is 4.83 Å². The van der Waals surface area contributed by atoms with Gasteiger partial charge in [-0.1, -0.05) is 0 Å². The van der Waals surface area contributed by atoms with Crippen LogP contribution in [0, 0.1) is 6.20 Å². The molecule has 0 aromatic heterocycles. The Kier molecular flexibility index (Phi) is 0.999. The maximum Gasteiger partial charge on any atom is 0.119 e. The van der Waals surface area contributed by atoms with E-state index in [1.165, 1.54) is 11.9 Å². The van der Waals surface area contributed by atoms with Gasteiger partial charge in [0.25, 0.3) is 0 Å². The van der Waals surface area contributed by atoms with E-state index in [1.807, 2.05) is 0 Å². The van der Waals surface area contributed by atoms with E-state index in [1.54, 1.807) is 5.41 Å². The van der Waals surface area contributed by atoms with Crippen molar-refractivity contribution < 1.29 is 5.21 Å². The van der Waals surface area contributed by atoms with Crippen molar-refractivity contribution in [3.63, 3.8) is 0 Å². The first-order valence-corrected chi connectivity index (χ1v) is 2.26. The van der Waals surface area contributed by atoms with Crippen LogP contribution in [-0.4, -0.2) is 10.4 Å². The van der Waals surface area contributed by atoms with Crippen LogP contribution in [0.3, 0.4) is 0 Å². The van der Waals surface area contributed by atoms with Gasteiger partial charge in [0.15, 0.2) is 0 Å². The molecule has 1 aliphatic heterocycles. The summed E-state index contributed by atoms with van der Waals surface area (Å²) < 4.78 is 0. The minimum absolute atomic E-state index is 0.769. The van der Waals surface area contributed by atoms with Crippen molar-refractivity contribution in [3.05, 3.63) is 11.6 Å². The minimum Gasteiger partial charge on any atom is -0.272 e. The molecule has 1 heterocycles. The Bertz CT molecular complexity index is 73.9. The summed E-state index contributed by atoms with van der Waals surface area (Å²) in [4.78, 5) is 2.46. The molecule has 0 amide bonds. The molecule has 0 saturated heterocycles. The Morgan fingerprint density at radius 3 is 3.00 bits per heavy atom. The molecule has 0 aromatic rings. The topological polar surface area (TPSA) is 35.5 Å². The van der Waals surface area contributed by atoms with E-state index in [-0.39, 0.29) is 0 Å². The predicted octanol–water partition coefficient (Wildman–Crippen LogP) is 0.118. The van der Waals surface area contributed by atoms with Gasteiger partial charge < -0.3 is 0 Å². The van der Waals surface area contributed by atoms with Gasteiger partial charge in [-0.2, -0.15) is 5.17 Å². The normalized spacial score (nSPS) is 19.8. The maximum absolute atomic E-state index is 8.29. The summed E-state index contributed by atoms with van der Waals surface area (Å²) in [5.41, 5.74) is 0. The summed E-state index contributed by atoms with van der Waals surface area (Å²) >= 11 is 1.27. The van der Waals surface area contributed by atoms with E-state index in [0.29, 0.717) is 0 Å². The quantitative estimate of drug-likeness (QED) is 0.427. The number of nitrogens with zero attached hydrogens (tertiary/aromatic N) is 1. The van der Waals surface area contributed by atoms with Gasteiger partial charge in [-0.3, -0.25) is 5.21 Å². The summed E-state index contributed by atoms with van der Waals surface area (Å²) in [7, 11) is 0. The highest BCUT2D eigenvalue weighted by atomic mass is 32.2. The first kappa shape index (κ1) is 3.98. The van der Waals surface area contributed by atoms with E-state index in [2.05, 4.69) is 11.0 Å². The zero-order valence-electron chi connectivity index (χ0n) is 2.88. The molecule has 0 saturated carbocycles. The van der Waals surface area contributed by atoms with Crippen LogP contribution in [-0.2, 0) is 0 Å². The molecule has 0 aromatic carbocycles. The van der Waals surface area contributed by atoms with Gasteiger partial charge in [0, 0.05) is 5.41 Å². The summed E-state index contributed by atoms with van der Waals surface area (Å²) in [6.45, 7) is 0. The highest BCUT2D eigenvalue weighted by molar-refractivity contribution is 8.00. The molecule has 6 heavy (non-hydrogen) atoms. The Hall–Kier alpha value is -0.190. The van der Waals surface area contributed by atoms with Crippen molar-refractivity contribution in [3.8, 4) is 0 Å². The minimum atomic E-state index is 0.769. The third-order valence-electron chi connectivity index (χ3n) is 0.373. The van der Waals surface area contributed by atoms with Crippen molar-refractivity contribution in [2.75, 3.05) is 0 Å². The van der Waals surface area contributed by atoms with Crippen LogP contribution in [0.15, 0.2) is 5.41 Å². The zero-order valence-corrected chi connectivity index (χ0v) is 3.70. The van der Waals surface area contributed by atoms with Crippen molar-refractivity contribution in [2.24, 2.45) is 0 Å².